The summed E-state index contributed by atoms with van der Waals surface area (Å²) in [4.78, 5) is 12.0. The minimum absolute atomic E-state index is 0.231. The zero-order valence-corrected chi connectivity index (χ0v) is 11.0. The number of benzene rings is 1. The highest BCUT2D eigenvalue weighted by Gasteiger charge is 2.26. The lowest BCUT2D eigenvalue weighted by Crippen LogP contribution is -2.29. The summed E-state index contributed by atoms with van der Waals surface area (Å²) in [7, 11) is 0. The molecule has 0 aromatic heterocycles. The van der Waals surface area contributed by atoms with Crippen molar-refractivity contribution in [2.24, 2.45) is 17.6 Å². The van der Waals surface area contributed by atoms with Crippen molar-refractivity contribution in [2.75, 3.05) is 11.9 Å². The highest BCUT2D eigenvalue weighted by molar-refractivity contribution is 5.92. The Hall–Kier alpha value is -1.56. The van der Waals surface area contributed by atoms with Gasteiger partial charge in [-0.2, -0.15) is 0 Å². The van der Waals surface area contributed by atoms with Crippen LogP contribution in [0.5, 0.6) is 0 Å². The van der Waals surface area contributed by atoms with Crippen LogP contribution in [0.2, 0.25) is 0 Å². The van der Waals surface area contributed by atoms with Crippen molar-refractivity contribution in [3.8, 4) is 0 Å². The molecule has 0 heterocycles. The van der Waals surface area contributed by atoms with Gasteiger partial charge in [0.25, 0.3) is 0 Å². The van der Waals surface area contributed by atoms with Gasteiger partial charge in [-0.15, -0.1) is 0 Å². The number of rotatable bonds is 3. The monoisotopic (exact) mass is 286 g/mol. The van der Waals surface area contributed by atoms with Gasteiger partial charge in [-0.05, 0) is 38.1 Å². The first-order valence-electron chi connectivity index (χ1n) is 6.66. The number of amides is 1. The Balaban J connectivity index is 2.00. The Morgan fingerprint density at radius 2 is 1.70 bits per heavy atom. The van der Waals surface area contributed by atoms with E-state index in [1.807, 2.05) is 0 Å². The SMILES string of the molecule is NCC1CCC(C(=O)Nc2cc(F)c(F)cc2F)CC1. The molecule has 6 heteroatoms. The predicted octanol–water partition coefficient (Wildman–Crippen LogP) is 2.81. The van der Waals surface area contributed by atoms with Crippen LogP contribution in [0.1, 0.15) is 25.7 Å². The maximum atomic E-state index is 13.4. The number of anilines is 1. The predicted molar refractivity (Wildman–Crippen MR) is 69.4 cm³/mol. The van der Waals surface area contributed by atoms with Crippen molar-refractivity contribution in [2.45, 2.75) is 25.7 Å². The zero-order valence-electron chi connectivity index (χ0n) is 11.0. The maximum absolute atomic E-state index is 13.4. The lowest BCUT2D eigenvalue weighted by atomic mass is 9.81. The van der Waals surface area contributed by atoms with Crippen molar-refractivity contribution in [1.29, 1.82) is 0 Å². The molecule has 0 saturated heterocycles. The summed E-state index contributed by atoms with van der Waals surface area (Å²) in [6.07, 6.45) is 3.07. The topological polar surface area (TPSA) is 55.1 Å². The third-order valence-corrected chi connectivity index (χ3v) is 3.82. The van der Waals surface area contributed by atoms with Crippen molar-refractivity contribution in [1.82, 2.24) is 0 Å². The molecule has 0 unspecified atom stereocenters. The van der Waals surface area contributed by atoms with E-state index in [9.17, 15) is 18.0 Å². The Morgan fingerprint density at radius 3 is 2.30 bits per heavy atom. The summed E-state index contributed by atoms with van der Waals surface area (Å²) < 4.78 is 39.3. The van der Waals surface area contributed by atoms with Gasteiger partial charge < -0.3 is 11.1 Å². The van der Waals surface area contributed by atoms with Crippen LogP contribution in [0.25, 0.3) is 0 Å². The molecule has 1 amide bonds. The number of carbonyl (C=O) groups is 1. The summed E-state index contributed by atoms with van der Waals surface area (Å²) in [6.45, 7) is 0.603. The van der Waals surface area contributed by atoms with E-state index >= 15 is 0 Å². The summed E-state index contributed by atoms with van der Waals surface area (Å²) in [5.41, 5.74) is 5.25. The van der Waals surface area contributed by atoms with Crippen LogP contribution in [-0.2, 0) is 4.79 Å². The summed E-state index contributed by atoms with van der Waals surface area (Å²) in [6, 6.07) is 1.09. The Labute approximate surface area is 115 Å². The van der Waals surface area contributed by atoms with Crippen molar-refractivity contribution >= 4 is 11.6 Å². The molecule has 1 aliphatic rings. The molecule has 1 saturated carbocycles. The third kappa shape index (κ3) is 3.30. The molecule has 1 aromatic carbocycles. The van der Waals surface area contributed by atoms with Crippen LogP contribution < -0.4 is 11.1 Å². The Bertz CT molecular complexity index is 499. The standard InChI is InChI=1S/C14H17F3N2O/c15-10-5-12(17)13(6-11(10)16)19-14(20)9-3-1-8(7-18)2-4-9/h5-6,8-9H,1-4,7,18H2,(H,19,20). The normalized spacial score (nSPS) is 22.6. The van der Waals surface area contributed by atoms with E-state index in [-0.39, 0.29) is 17.5 Å². The summed E-state index contributed by atoms with van der Waals surface area (Å²) in [5, 5.41) is 2.33. The summed E-state index contributed by atoms with van der Waals surface area (Å²) in [5.74, 6) is -3.60. The molecule has 0 spiro atoms. The van der Waals surface area contributed by atoms with Crippen molar-refractivity contribution in [3.05, 3.63) is 29.6 Å². The molecule has 3 nitrogen and oxygen atoms in total. The molecule has 20 heavy (non-hydrogen) atoms. The number of nitrogens with one attached hydrogen (secondary N) is 1. The van der Waals surface area contributed by atoms with Gasteiger partial charge in [-0.1, -0.05) is 0 Å². The molecule has 0 radical (unpaired) electrons. The molecular formula is C14H17F3N2O. The summed E-state index contributed by atoms with van der Waals surface area (Å²) >= 11 is 0. The van der Waals surface area contributed by atoms with E-state index in [1.165, 1.54) is 0 Å². The van der Waals surface area contributed by atoms with Crippen LogP contribution in [0.3, 0.4) is 0 Å². The van der Waals surface area contributed by atoms with E-state index in [4.69, 9.17) is 5.73 Å². The van der Waals surface area contributed by atoms with Gasteiger partial charge in [-0.3, -0.25) is 4.79 Å². The molecule has 3 N–H and O–H groups in total. The van der Waals surface area contributed by atoms with E-state index in [2.05, 4.69) is 5.32 Å². The van der Waals surface area contributed by atoms with E-state index in [1.54, 1.807) is 0 Å². The van der Waals surface area contributed by atoms with Crippen LogP contribution in [0.4, 0.5) is 18.9 Å². The van der Waals surface area contributed by atoms with Crippen LogP contribution in [0, 0.1) is 29.3 Å². The smallest absolute Gasteiger partial charge is 0.227 e. The van der Waals surface area contributed by atoms with Gasteiger partial charge in [0.2, 0.25) is 5.91 Å². The van der Waals surface area contributed by atoms with E-state index in [0.29, 0.717) is 37.4 Å². The first-order valence-corrected chi connectivity index (χ1v) is 6.66. The maximum Gasteiger partial charge on any atom is 0.227 e. The highest BCUT2D eigenvalue weighted by Crippen LogP contribution is 2.29. The van der Waals surface area contributed by atoms with E-state index in [0.717, 1.165) is 12.8 Å². The average molecular weight is 286 g/mol. The van der Waals surface area contributed by atoms with Gasteiger partial charge in [0.05, 0.1) is 5.69 Å². The largest absolute Gasteiger partial charge is 0.330 e. The highest BCUT2D eigenvalue weighted by atomic mass is 19.2. The van der Waals surface area contributed by atoms with Crippen LogP contribution in [-0.4, -0.2) is 12.5 Å². The minimum Gasteiger partial charge on any atom is -0.330 e. The van der Waals surface area contributed by atoms with Gasteiger partial charge in [0.1, 0.15) is 5.82 Å². The number of hydrogen-bond acceptors (Lipinski definition) is 2. The lowest BCUT2D eigenvalue weighted by molar-refractivity contribution is -0.121. The fraction of sp³-hybridized carbons (Fsp3) is 0.500. The molecule has 110 valence electrons. The first-order chi connectivity index (χ1) is 9.51. The fourth-order valence-electron chi connectivity index (χ4n) is 2.51. The number of halogens is 3. The molecule has 0 bridgehead atoms. The first kappa shape index (κ1) is 14.8. The molecule has 1 aromatic rings. The molecular weight excluding hydrogens is 269 g/mol. The van der Waals surface area contributed by atoms with Gasteiger partial charge >= 0.3 is 0 Å². The lowest BCUT2D eigenvalue weighted by Gasteiger charge is -2.26. The van der Waals surface area contributed by atoms with E-state index < -0.39 is 17.5 Å². The fourth-order valence-corrected chi connectivity index (χ4v) is 2.51. The van der Waals surface area contributed by atoms with Crippen LogP contribution >= 0.6 is 0 Å². The Morgan fingerprint density at radius 1 is 1.10 bits per heavy atom. The molecule has 0 atom stereocenters. The Kier molecular flexibility index (Phi) is 4.65. The second-order valence-electron chi connectivity index (χ2n) is 5.19. The molecule has 0 aliphatic heterocycles. The third-order valence-electron chi connectivity index (χ3n) is 3.82. The molecule has 1 aliphatic carbocycles. The van der Waals surface area contributed by atoms with Crippen LogP contribution in [0.15, 0.2) is 12.1 Å². The molecule has 1 fully saturated rings. The number of nitrogens with two attached hydrogens (primary N) is 1. The second kappa shape index (κ2) is 6.26. The quantitative estimate of drug-likeness (QED) is 0.839. The van der Waals surface area contributed by atoms with Gasteiger partial charge in [0.15, 0.2) is 11.6 Å². The number of hydrogen-bond donors (Lipinski definition) is 2. The minimum atomic E-state index is -1.27. The van der Waals surface area contributed by atoms with Crippen molar-refractivity contribution in [3.63, 3.8) is 0 Å². The second-order valence-corrected chi connectivity index (χ2v) is 5.19. The van der Waals surface area contributed by atoms with Gasteiger partial charge in [-0.25, -0.2) is 13.2 Å². The zero-order chi connectivity index (χ0) is 14.7. The average Bonchev–Trinajstić information content (AvgIpc) is 2.44. The van der Waals surface area contributed by atoms with Gasteiger partial charge in [0, 0.05) is 18.1 Å². The molecule has 2 rings (SSSR count). The van der Waals surface area contributed by atoms with Crippen molar-refractivity contribution < 1.29 is 18.0 Å². The number of carbonyl (C=O) groups excluding carboxylic acids is 1.